The predicted molar refractivity (Wildman–Crippen MR) is 74.4 cm³/mol. The van der Waals surface area contributed by atoms with Gasteiger partial charge in [0.2, 0.25) is 0 Å². The van der Waals surface area contributed by atoms with E-state index in [2.05, 4.69) is 14.5 Å². The van der Waals surface area contributed by atoms with Gasteiger partial charge in [0.05, 0.1) is 30.8 Å². The van der Waals surface area contributed by atoms with Crippen LogP contribution in [-0.4, -0.2) is 41.5 Å². The Labute approximate surface area is 117 Å². The van der Waals surface area contributed by atoms with E-state index in [0.29, 0.717) is 25.7 Å². The van der Waals surface area contributed by atoms with Crippen molar-refractivity contribution >= 4 is 22.6 Å². The van der Waals surface area contributed by atoms with Crippen LogP contribution in [-0.2, 0) is 21.9 Å². The van der Waals surface area contributed by atoms with Gasteiger partial charge in [-0.25, -0.2) is 4.98 Å². The monoisotopic (exact) mass is 283 g/mol. The summed E-state index contributed by atoms with van der Waals surface area (Å²) in [7, 11) is 1.67. The van der Waals surface area contributed by atoms with E-state index < -0.39 is 0 Å². The molecule has 19 heavy (non-hydrogen) atoms. The van der Waals surface area contributed by atoms with Gasteiger partial charge in [-0.1, -0.05) is 0 Å². The van der Waals surface area contributed by atoms with Crippen LogP contribution in [0.1, 0.15) is 12.2 Å². The zero-order valence-corrected chi connectivity index (χ0v) is 11.8. The maximum absolute atomic E-state index is 5.93. The van der Waals surface area contributed by atoms with Gasteiger partial charge in [0.1, 0.15) is 11.3 Å². The topological polar surface area (TPSA) is 49.2 Å². The van der Waals surface area contributed by atoms with Crippen LogP contribution in [0.5, 0.6) is 0 Å². The van der Waals surface area contributed by atoms with Gasteiger partial charge in [0.25, 0.3) is 0 Å². The summed E-state index contributed by atoms with van der Waals surface area (Å²) in [5, 5.41) is 0. The summed E-state index contributed by atoms with van der Waals surface area (Å²) in [5.74, 6) is 1.28. The summed E-state index contributed by atoms with van der Waals surface area (Å²) in [5.41, 5.74) is 1.96. The highest BCUT2D eigenvalue weighted by molar-refractivity contribution is 6.16. The van der Waals surface area contributed by atoms with Crippen molar-refractivity contribution < 1.29 is 9.47 Å². The Kier molecular flexibility index (Phi) is 5.57. The lowest BCUT2D eigenvalue weighted by molar-refractivity contribution is 0.0681. The van der Waals surface area contributed by atoms with Gasteiger partial charge in [-0.15, -0.1) is 11.6 Å². The first kappa shape index (κ1) is 14.2. The number of pyridine rings is 1. The number of halogens is 1. The average Bonchev–Trinajstić information content (AvgIpc) is 2.81. The molecular formula is C13H18ClN3O2. The van der Waals surface area contributed by atoms with Crippen LogP contribution in [0.2, 0.25) is 0 Å². The van der Waals surface area contributed by atoms with E-state index in [1.807, 2.05) is 6.07 Å². The van der Waals surface area contributed by atoms with E-state index in [1.165, 1.54) is 0 Å². The normalized spacial score (nSPS) is 11.3. The zero-order chi connectivity index (χ0) is 13.5. The molecule has 0 aliphatic carbocycles. The second-order valence-electron chi connectivity index (χ2n) is 4.14. The second kappa shape index (κ2) is 7.43. The van der Waals surface area contributed by atoms with E-state index in [1.54, 1.807) is 19.5 Å². The van der Waals surface area contributed by atoms with E-state index in [-0.39, 0.29) is 0 Å². The van der Waals surface area contributed by atoms with E-state index >= 15 is 0 Å². The molecule has 0 bridgehead atoms. The molecule has 0 aliphatic rings. The number of hydrogen-bond acceptors (Lipinski definition) is 4. The number of fused-ring (bicyclic) bond motifs is 1. The first-order valence-electron chi connectivity index (χ1n) is 6.28. The molecule has 104 valence electrons. The Hall–Kier alpha value is -1.17. The van der Waals surface area contributed by atoms with Crippen LogP contribution in [0.15, 0.2) is 18.5 Å². The highest BCUT2D eigenvalue weighted by Gasteiger charge is 2.09. The van der Waals surface area contributed by atoms with Gasteiger partial charge < -0.3 is 14.0 Å². The molecule has 0 fully saturated rings. The number of methoxy groups -OCH3 is 1. The van der Waals surface area contributed by atoms with Crippen molar-refractivity contribution in [1.29, 1.82) is 0 Å². The van der Waals surface area contributed by atoms with Gasteiger partial charge in [0, 0.05) is 26.5 Å². The number of ether oxygens (including phenoxy) is 2. The lowest BCUT2D eigenvalue weighted by Gasteiger charge is -2.08. The Morgan fingerprint density at radius 3 is 3.00 bits per heavy atom. The minimum atomic E-state index is 0.402. The van der Waals surface area contributed by atoms with E-state index in [4.69, 9.17) is 21.1 Å². The van der Waals surface area contributed by atoms with Gasteiger partial charge in [-0.2, -0.15) is 0 Å². The SMILES string of the molecule is COCCOCCCn1c(CCl)nc2cnccc21. The third-order valence-corrected chi connectivity index (χ3v) is 3.09. The highest BCUT2D eigenvalue weighted by Crippen LogP contribution is 2.16. The molecule has 0 saturated carbocycles. The first-order chi connectivity index (χ1) is 9.36. The third kappa shape index (κ3) is 3.65. The minimum Gasteiger partial charge on any atom is -0.382 e. The number of imidazole rings is 1. The largest absolute Gasteiger partial charge is 0.382 e. The lowest BCUT2D eigenvalue weighted by atomic mass is 10.4. The van der Waals surface area contributed by atoms with Crippen LogP contribution in [0.3, 0.4) is 0 Å². The fraction of sp³-hybridized carbons (Fsp3) is 0.538. The summed E-state index contributed by atoms with van der Waals surface area (Å²) in [6.45, 7) is 2.81. The number of hydrogen-bond donors (Lipinski definition) is 0. The number of aryl methyl sites for hydroxylation is 1. The third-order valence-electron chi connectivity index (χ3n) is 2.85. The van der Waals surface area contributed by atoms with Crippen LogP contribution >= 0.6 is 11.6 Å². The standard InChI is InChI=1S/C13H18ClN3O2/c1-18-7-8-19-6-2-5-17-12-3-4-15-10-11(12)16-13(17)9-14/h3-4,10H,2,5-9H2,1H3. The molecule has 2 heterocycles. The maximum atomic E-state index is 5.93. The van der Waals surface area contributed by atoms with Crippen LogP contribution < -0.4 is 0 Å². The van der Waals surface area contributed by atoms with E-state index in [0.717, 1.165) is 29.8 Å². The number of aromatic nitrogens is 3. The predicted octanol–water partition coefficient (Wildman–Crippen LogP) is 2.22. The van der Waals surface area contributed by atoms with E-state index in [9.17, 15) is 0 Å². The summed E-state index contributed by atoms with van der Waals surface area (Å²) in [6, 6.07) is 1.96. The molecule has 0 N–H and O–H groups in total. The molecule has 2 aromatic heterocycles. The molecule has 0 aliphatic heterocycles. The smallest absolute Gasteiger partial charge is 0.124 e. The molecule has 0 spiro atoms. The summed E-state index contributed by atoms with van der Waals surface area (Å²) in [6.07, 6.45) is 4.45. The molecule has 2 aromatic rings. The van der Waals surface area contributed by atoms with Gasteiger partial charge in [-0.3, -0.25) is 4.98 Å². The van der Waals surface area contributed by atoms with Crippen LogP contribution in [0.25, 0.3) is 11.0 Å². The van der Waals surface area contributed by atoms with Crippen molar-refractivity contribution in [3.05, 3.63) is 24.3 Å². The summed E-state index contributed by atoms with van der Waals surface area (Å²) in [4.78, 5) is 8.54. The van der Waals surface area contributed by atoms with Gasteiger partial charge >= 0.3 is 0 Å². The number of nitrogens with zero attached hydrogens (tertiary/aromatic N) is 3. The minimum absolute atomic E-state index is 0.402. The molecule has 0 saturated heterocycles. The number of rotatable bonds is 8. The number of alkyl halides is 1. The first-order valence-corrected chi connectivity index (χ1v) is 6.82. The van der Waals surface area contributed by atoms with Crippen molar-refractivity contribution in [2.24, 2.45) is 0 Å². The van der Waals surface area contributed by atoms with Crippen molar-refractivity contribution in [3.63, 3.8) is 0 Å². The average molecular weight is 284 g/mol. The lowest BCUT2D eigenvalue weighted by Crippen LogP contribution is -2.08. The van der Waals surface area contributed by atoms with Crippen molar-refractivity contribution in [2.45, 2.75) is 18.8 Å². The molecule has 6 heteroatoms. The zero-order valence-electron chi connectivity index (χ0n) is 11.0. The fourth-order valence-corrected chi connectivity index (χ4v) is 2.16. The van der Waals surface area contributed by atoms with Crippen molar-refractivity contribution in [3.8, 4) is 0 Å². The van der Waals surface area contributed by atoms with Gasteiger partial charge in [-0.05, 0) is 12.5 Å². The van der Waals surface area contributed by atoms with Crippen molar-refractivity contribution in [1.82, 2.24) is 14.5 Å². The molecule has 5 nitrogen and oxygen atoms in total. The Morgan fingerprint density at radius 2 is 2.21 bits per heavy atom. The molecule has 0 unspecified atom stereocenters. The maximum Gasteiger partial charge on any atom is 0.124 e. The van der Waals surface area contributed by atoms with Crippen molar-refractivity contribution in [2.75, 3.05) is 26.9 Å². The molecule has 0 atom stereocenters. The second-order valence-corrected chi connectivity index (χ2v) is 4.40. The molecule has 0 radical (unpaired) electrons. The molecule has 0 amide bonds. The summed E-state index contributed by atoms with van der Waals surface area (Å²) >= 11 is 5.93. The highest BCUT2D eigenvalue weighted by atomic mass is 35.5. The Bertz CT molecular complexity index is 516. The van der Waals surface area contributed by atoms with Gasteiger partial charge in [0.15, 0.2) is 0 Å². The molecule has 0 aromatic carbocycles. The quantitative estimate of drug-likeness (QED) is 0.551. The Morgan fingerprint density at radius 1 is 1.32 bits per heavy atom. The molecule has 2 rings (SSSR count). The molecular weight excluding hydrogens is 266 g/mol. The fourth-order valence-electron chi connectivity index (χ4n) is 1.95. The Balaban J connectivity index is 1.95. The summed E-state index contributed by atoms with van der Waals surface area (Å²) < 4.78 is 12.5. The van der Waals surface area contributed by atoms with Crippen LogP contribution in [0, 0.1) is 0 Å². The van der Waals surface area contributed by atoms with Crippen LogP contribution in [0.4, 0.5) is 0 Å².